The van der Waals surface area contributed by atoms with Gasteiger partial charge < -0.3 is 14.9 Å². The van der Waals surface area contributed by atoms with Crippen LogP contribution in [0, 0.1) is 5.82 Å². The SMILES string of the molecule is CCOc1cc(/C=N\NCc2c(Cl)cccc2Cl)cc(Br)c1OCc1ccc(F)cc1. The first-order chi connectivity index (χ1) is 15.0. The fourth-order valence-electron chi connectivity index (χ4n) is 2.75. The first kappa shape index (κ1) is 23.4. The van der Waals surface area contributed by atoms with Crippen LogP contribution in [0.5, 0.6) is 11.5 Å². The Labute approximate surface area is 199 Å². The summed E-state index contributed by atoms with van der Waals surface area (Å²) >= 11 is 15.9. The molecule has 31 heavy (non-hydrogen) atoms. The predicted octanol–water partition coefficient (Wildman–Crippen LogP) is 7.00. The van der Waals surface area contributed by atoms with Crippen LogP contribution in [0.2, 0.25) is 10.0 Å². The minimum absolute atomic E-state index is 0.283. The van der Waals surface area contributed by atoms with Crippen LogP contribution in [-0.4, -0.2) is 12.8 Å². The maximum atomic E-state index is 13.1. The molecule has 0 radical (unpaired) electrons. The summed E-state index contributed by atoms with van der Waals surface area (Å²) in [5, 5.41) is 5.41. The Morgan fingerprint density at radius 2 is 1.77 bits per heavy atom. The molecule has 3 aromatic carbocycles. The Hall–Kier alpha value is -2.28. The van der Waals surface area contributed by atoms with Crippen LogP contribution in [0.15, 0.2) is 64.2 Å². The average Bonchev–Trinajstić information content (AvgIpc) is 2.74. The molecule has 0 spiro atoms. The summed E-state index contributed by atoms with van der Waals surface area (Å²) in [5.74, 6) is 0.864. The second kappa shape index (κ2) is 11.4. The van der Waals surface area contributed by atoms with Gasteiger partial charge in [0.25, 0.3) is 0 Å². The van der Waals surface area contributed by atoms with Gasteiger partial charge in [0, 0.05) is 15.6 Å². The predicted molar refractivity (Wildman–Crippen MR) is 127 cm³/mol. The van der Waals surface area contributed by atoms with Gasteiger partial charge in [0.1, 0.15) is 12.4 Å². The van der Waals surface area contributed by atoms with E-state index in [4.69, 9.17) is 32.7 Å². The van der Waals surface area contributed by atoms with E-state index < -0.39 is 0 Å². The van der Waals surface area contributed by atoms with Gasteiger partial charge in [-0.3, -0.25) is 0 Å². The van der Waals surface area contributed by atoms with Crippen LogP contribution in [0.1, 0.15) is 23.6 Å². The highest BCUT2D eigenvalue weighted by Crippen LogP contribution is 2.37. The lowest BCUT2D eigenvalue weighted by Gasteiger charge is -2.14. The van der Waals surface area contributed by atoms with Crippen molar-refractivity contribution in [1.82, 2.24) is 5.43 Å². The maximum absolute atomic E-state index is 13.1. The Kier molecular flexibility index (Phi) is 8.58. The topological polar surface area (TPSA) is 42.8 Å². The average molecular weight is 526 g/mol. The lowest BCUT2D eigenvalue weighted by molar-refractivity contribution is 0.267. The van der Waals surface area contributed by atoms with Gasteiger partial charge in [-0.25, -0.2) is 4.39 Å². The first-order valence-corrected chi connectivity index (χ1v) is 11.0. The number of hydrogen-bond acceptors (Lipinski definition) is 4. The second-order valence-electron chi connectivity index (χ2n) is 6.47. The van der Waals surface area contributed by atoms with Gasteiger partial charge in [-0.2, -0.15) is 5.10 Å². The summed E-state index contributed by atoms with van der Waals surface area (Å²) in [4.78, 5) is 0. The summed E-state index contributed by atoms with van der Waals surface area (Å²) in [6.07, 6.45) is 1.67. The molecule has 0 bridgehead atoms. The minimum atomic E-state index is -0.283. The molecule has 3 rings (SSSR count). The Balaban J connectivity index is 1.70. The van der Waals surface area contributed by atoms with E-state index in [9.17, 15) is 4.39 Å². The molecule has 0 unspecified atom stereocenters. The van der Waals surface area contributed by atoms with Crippen LogP contribution in [0.25, 0.3) is 0 Å². The zero-order valence-corrected chi connectivity index (χ0v) is 19.8. The standard InChI is InChI=1S/C23H20BrCl2FN2O2/c1-2-30-22-11-16(12-28-29-13-18-20(25)4-3-5-21(18)26)10-19(24)23(22)31-14-15-6-8-17(27)9-7-15/h3-12,29H,2,13-14H2,1H3/b28-12-. The largest absolute Gasteiger partial charge is 0.490 e. The van der Waals surface area contributed by atoms with Crippen molar-refractivity contribution in [1.29, 1.82) is 0 Å². The number of halogens is 4. The molecule has 0 saturated heterocycles. The third kappa shape index (κ3) is 6.60. The van der Waals surface area contributed by atoms with Crippen molar-refractivity contribution >= 4 is 45.3 Å². The van der Waals surface area contributed by atoms with Crippen LogP contribution in [0.4, 0.5) is 4.39 Å². The van der Waals surface area contributed by atoms with E-state index in [0.29, 0.717) is 34.7 Å². The van der Waals surface area contributed by atoms with Crippen molar-refractivity contribution in [2.24, 2.45) is 5.10 Å². The fourth-order valence-corrected chi connectivity index (χ4v) is 3.85. The van der Waals surface area contributed by atoms with Gasteiger partial charge in [0.2, 0.25) is 0 Å². The highest BCUT2D eigenvalue weighted by molar-refractivity contribution is 9.10. The molecule has 8 heteroatoms. The third-order valence-corrected chi connectivity index (χ3v) is 5.55. The van der Waals surface area contributed by atoms with E-state index in [1.807, 2.05) is 19.1 Å². The zero-order valence-electron chi connectivity index (χ0n) is 16.7. The molecular weight excluding hydrogens is 506 g/mol. The molecule has 0 heterocycles. The van der Waals surface area contributed by atoms with Crippen LogP contribution in [-0.2, 0) is 13.2 Å². The molecule has 0 aliphatic carbocycles. The molecule has 0 atom stereocenters. The first-order valence-electron chi connectivity index (χ1n) is 9.50. The highest BCUT2D eigenvalue weighted by Gasteiger charge is 2.12. The number of benzene rings is 3. The molecule has 0 saturated carbocycles. The van der Waals surface area contributed by atoms with E-state index in [-0.39, 0.29) is 12.4 Å². The fraction of sp³-hybridized carbons (Fsp3) is 0.174. The van der Waals surface area contributed by atoms with E-state index in [1.54, 1.807) is 36.5 Å². The number of nitrogens with one attached hydrogen (secondary N) is 1. The Morgan fingerprint density at radius 3 is 2.45 bits per heavy atom. The van der Waals surface area contributed by atoms with Gasteiger partial charge in [-0.05, 0) is 70.4 Å². The summed E-state index contributed by atoms with van der Waals surface area (Å²) < 4.78 is 25.5. The molecule has 3 aromatic rings. The third-order valence-electron chi connectivity index (χ3n) is 4.25. The van der Waals surface area contributed by atoms with Crippen molar-refractivity contribution in [3.63, 3.8) is 0 Å². The summed E-state index contributed by atoms with van der Waals surface area (Å²) in [6.45, 7) is 3.05. The van der Waals surface area contributed by atoms with Gasteiger partial charge in [-0.15, -0.1) is 0 Å². The van der Waals surface area contributed by atoms with E-state index in [2.05, 4.69) is 26.5 Å². The number of hydrazone groups is 1. The zero-order chi connectivity index (χ0) is 22.2. The number of ether oxygens (including phenoxy) is 2. The van der Waals surface area contributed by atoms with Crippen molar-refractivity contribution in [3.05, 3.63) is 91.6 Å². The molecule has 0 aliphatic rings. The van der Waals surface area contributed by atoms with E-state index >= 15 is 0 Å². The summed E-state index contributed by atoms with van der Waals surface area (Å²) in [6, 6.07) is 15.2. The maximum Gasteiger partial charge on any atom is 0.175 e. The van der Waals surface area contributed by atoms with E-state index in [0.717, 1.165) is 21.2 Å². The van der Waals surface area contributed by atoms with Crippen LogP contribution >= 0.6 is 39.1 Å². The van der Waals surface area contributed by atoms with Gasteiger partial charge in [-0.1, -0.05) is 41.4 Å². The minimum Gasteiger partial charge on any atom is -0.490 e. The van der Waals surface area contributed by atoms with Crippen LogP contribution in [0.3, 0.4) is 0 Å². The number of hydrogen-bond donors (Lipinski definition) is 1. The number of rotatable bonds is 9. The quantitative estimate of drug-likeness (QED) is 0.241. The highest BCUT2D eigenvalue weighted by atomic mass is 79.9. The molecule has 1 N–H and O–H groups in total. The van der Waals surface area contributed by atoms with Gasteiger partial charge in [0.15, 0.2) is 11.5 Å². The molecule has 0 amide bonds. The molecule has 0 aliphatic heterocycles. The molecule has 4 nitrogen and oxygen atoms in total. The van der Waals surface area contributed by atoms with Gasteiger partial charge >= 0.3 is 0 Å². The number of nitrogens with zero attached hydrogens (tertiary/aromatic N) is 1. The molecule has 0 aromatic heterocycles. The normalized spacial score (nSPS) is 11.0. The molecule has 0 fully saturated rings. The second-order valence-corrected chi connectivity index (χ2v) is 8.14. The summed E-state index contributed by atoms with van der Waals surface area (Å²) in [7, 11) is 0. The Morgan fingerprint density at radius 1 is 1.06 bits per heavy atom. The lowest BCUT2D eigenvalue weighted by atomic mass is 10.2. The van der Waals surface area contributed by atoms with Crippen molar-refractivity contribution < 1.29 is 13.9 Å². The van der Waals surface area contributed by atoms with Crippen molar-refractivity contribution in [3.8, 4) is 11.5 Å². The monoisotopic (exact) mass is 524 g/mol. The Bertz CT molecular complexity index is 1040. The smallest absolute Gasteiger partial charge is 0.175 e. The van der Waals surface area contributed by atoms with Gasteiger partial charge in [0.05, 0.1) is 23.8 Å². The van der Waals surface area contributed by atoms with E-state index in [1.165, 1.54) is 12.1 Å². The lowest BCUT2D eigenvalue weighted by Crippen LogP contribution is -2.07. The van der Waals surface area contributed by atoms with Crippen LogP contribution < -0.4 is 14.9 Å². The van der Waals surface area contributed by atoms with Crippen molar-refractivity contribution in [2.45, 2.75) is 20.1 Å². The van der Waals surface area contributed by atoms with Crippen molar-refractivity contribution in [2.75, 3.05) is 6.61 Å². The molecular formula is C23H20BrCl2FN2O2. The summed E-state index contributed by atoms with van der Waals surface area (Å²) in [5.41, 5.74) is 5.39. The molecule has 162 valence electrons.